The summed E-state index contributed by atoms with van der Waals surface area (Å²) in [4.78, 5) is 20.7. The van der Waals surface area contributed by atoms with E-state index in [1.165, 1.54) is 13.2 Å². The molecule has 0 aromatic heterocycles. The van der Waals surface area contributed by atoms with Crippen LogP contribution in [-0.2, 0) is 9.53 Å². The summed E-state index contributed by atoms with van der Waals surface area (Å²) in [5.74, 6) is -0.334. The number of esters is 1. The molecule has 0 spiro atoms. The van der Waals surface area contributed by atoms with E-state index in [0.29, 0.717) is 0 Å². The third-order valence-electron chi connectivity index (χ3n) is 2.35. The Morgan fingerprint density at radius 3 is 1.80 bits per heavy atom. The van der Waals surface area contributed by atoms with Gasteiger partial charge in [-0.2, -0.15) is 0 Å². The van der Waals surface area contributed by atoms with Gasteiger partial charge in [0, 0.05) is 11.6 Å². The molecule has 0 atom stereocenters. The topological polar surface area (TPSA) is 43.4 Å². The molecule has 0 saturated heterocycles. The normalized spacial score (nSPS) is 9.45. The largest absolute Gasteiger partial charge is 0.466 e. The first-order valence-corrected chi connectivity index (χ1v) is 6.07. The van der Waals surface area contributed by atoms with Gasteiger partial charge in [-0.25, -0.2) is 4.79 Å². The highest BCUT2D eigenvalue weighted by atomic mass is 16.5. The first-order valence-electron chi connectivity index (χ1n) is 6.07. The van der Waals surface area contributed by atoms with Gasteiger partial charge in [-0.3, -0.25) is 4.79 Å². The summed E-state index contributed by atoms with van der Waals surface area (Å²) >= 11 is 0. The molecular weight excluding hydrogens is 252 g/mol. The molecule has 0 unspecified atom stereocenters. The van der Waals surface area contributed by atoms with E-state index in [2.05, 4.69) is 4.74 Å². The van der Waals surface area contributed by atoms with Gasteiger partial charge >= 0.3 is 5.97 Å². The summed E-state index contributed by atoms with van der Waals surface area (Å²) in [6.07, 6.45) is 3.95. The average molecular weight is 268 g/mol. The molecule has 102 valence electrons. The maximum absolute atomic E-state index is 10.7. The predicted molar refractivity (Wildman–Crippen MR) is 79.3 cm³/mol. The van der Waals surface area contributed by atoms with Crippen molar-refractivity contribution >= 4 is 18.3 Å². The molecular formula is C17H16O3. The molecule has 0 amide bonds. The Morgan fingerprint density at radius 1 is 0.900 bits per heavy atom. The molecule has 3 heteroatoms. The highest BCUT2D eigenvalue weighted by molar-refractivity contribution is 5.86. The molecule has 0 aliphatic rings. The number of aldehydes is 1. The van der Waals surface area contributed by atoms with Gasteiger partial charge in [0.15, 0.2) is 0 Å². The van der Waals surface area contributed by atoms with Crippen LogP contribution in [0.3, 0.4) is 0 Å². The summed E-state index contributed by atoms with van der Waals surface area (Å²) in [6.45, 7) is 0. The Balaban J connectivity index is 0.000000217. The second-order valence-electron chi connectivity index (χ2n) is 3.80. The van der Waals surface area contributed by atoms with Crippen LogP contribution in [0.5, 0.6) is 0 Å². The summed E-state index contributed by atoms with van der Waals surface area (Å²) in [7, 11) is 1.36. The van der Waals surface area contributed by atoms with Crippen LogP contribution in [0.15, 0.2) is 66.7 Å². The first kappa shape index (κ1) is 15.4. The highest BCUT2D eigenvalue weighted by Crippen LogP contribution is 2.00. The van der Waals surface area contributed by atoms with Crippen LogP contribution in [0.1, 0.15) is 15.9 Å². The Hall–Kier alpha value is -2.68. The number of benzene rings is 2. The predicted octanol–water partition coefficient (Wildman–Crippen LogP) is 3.37. The maximum atomic E-state index is 10.7. The van der Waals surface area contributed by atoms with E-state index in [-0.39, 0.29) is 5.97 Å². The molecule has 2 aromatic rings. The Labute approximate surface area is 118 Å². The molecule has 20 heavy (non-hydrogen) atoms. The molecule has 0 radical (unpaired) electrons. The Bertz CT molecular complexity index is 545. The van der Waals surface area contributed by atoms with Crippen molar-refractivity contribution in [3.8, 4) is 0 Å². The third kappa shape index (κ3) is 6.31. The van der Waals surface area contributed by atoms with Crippen molar-refractivity contribution in [2.24, 2.45) is 0 Å². The lowest BCUT2D eigenvalue weighted by Gasteiger charge is -1.91. The molecule has 3 nitrogen and oxygen atoms in total. The minimum Gasteiger partial charge on any atom is -0.466 e. The highest BCUT2D eigenvalue weighted by Gasteiger charge is 1.89. The fourth-order valence-electron chi connectivity index (χ4n) is 1.33. The number of methoxy groups -OCH3 is 1. The first-order chi connectivity index (χ1) is 9.76. The number of hydrogen-bond acceptors (Lipinski definition) is 3. The van der Waals surface area contributed by atoms with Crippen LogP contribution in [0.2, 0.25) is 0 Å². The zero-order chi connectivity index (χ0) is 14.6. The lowest BCUT2D eigenvalue weighted by molar-refractivity contribution is -0.134. The lowest BCUT2D eigenvalue weighted by Crippen LogP contribution is -1.92. The van der Waals surface area contributed by atoms with E-state index in [9.17, 15) is 9.59 Å². The van der Waals surface area contributed by atoms with Crippen molar-refractivity contribution in [3.63, 3.8) is 0 Å². The van der Waals surface area contributed by atoms with Gasteiger partial charge in [-0.15, -0.1) is 0 Å². The number of rotatable bonds is 3. The SMILES string of the molecule is COC(=O)/C=C/c1ccccc1.O=Cc1ccccc1. The van der Waals surface area contributed by atoms with Crippen molar-refractivity contribution in [2.75, 3.05) is 7.11 Å². The minimum absolute atomic E-state index is 0.334. The van der Waals surface area contributed by atoms with Crippen LogP contribution in [0.25, 0.3) is 6.08 Å². The average Bonchev–Trinajstić information content (AvgIpc) is 2.55. The van der Waals surface area contributed by atoms with Crippen molar-refractivity contribution in [3.05, 3.63) is 77.9 Å². The zero-order valence-electron chi connectivity index (χ0n) is 11.2. The van der Waals surface area contributed by atoms with Gasteiger partial charge in [0.05, 0.1) is 7.11 Å². The van der Waals surface area contributed by atoms with Crippen molar-refractivity contribution in [1.29, 1.82) is 0 Å². The number of hydrogen-bond donors (Lipinski definition) is 0. The van der Waals surface area contributed by atoms with Gasteiger partial charge < -0.3 is 4.74 Å². The van der Waals surface area contributed by atoms with Crippen LogP contribution in [-0.4, -0.2) is 19.4 Å². The van der Waals surface area contributed by atoms with Crippen molar-refractivity contribution in [2.45, 2.75) is 0 Å². The third-order valence-corrected chi connectivity index (χ3v) is 2.35. The molecule has 0 saturated carbocycles. The zero-order valence-corrected chi connectivity index (χ0v) is 11.2. The smallest absolute Gasteiger partial charge is 0.330 e. The van der Waals surface area contributed by atoms with Crippen LogP contribution < -0.4 is 0 Å². The summed E-state index contributed by atoms with van der Waals surface area (Å²) in [6, 6.07) is 18.7. The second kappa shape index (κ2) is 9.28. The monoisotopic (exact) mass is 268 g/mol. The molecule has 0 aliphatic carbocycles. The second-order valence-corrected chi connectivity index (χ2v) is 3.80. The van der Waals surface area contributed by atoms with Gasteiger partial charge in [0.25, 0.3) is 0 Å². The van der Waals surface area contributed by atoms with Crippen LogP contribution >= 0.6 is 0 Å². The van der Waals surface area contributed by atoms with E-state index in [1.54, 1.807) is 18.2 Å². The standard InChI is InChI=1S/C10H10O2.C7H6O/c1-12-10(11)8-7-9-5-3-2-4-6-9;8-6-7-4-2-1-3-5-7/h2-8H,1H3;1-6H/b8-7+;. The minimum atomic E-state index is -0.334. The van der Waals surface area contributed by atoms with Crippen LogP contribution in [0.4, 0.5) is 0 Å². The molecule has 0 bridgehead atoms. The number of ether oxygens (including phenoxy) is 1. The van der Waals surface area contributed by atoms with Crippen LogP contribution in [0, 0.1) is 0 Å². The van der Waals surface area contributed by atoms with Crippen molar-refractivity contribution < 1.29 is 14.3 Å². The van der Waals surface area contributed by atoms with Gasteiger partial charge in [0.2, 0.25) is 0 Å². The molecule has 2 rings (SSSR count). The summed E-state index contributed by atoms with van der Waals surface area (Å²) < 4.78 is 4.45. The Kier molecular flexibility index (Phi) is 7.13. The van der Waals surface area contributed by atoms with E-state index >= 15 is 0 Å². The van der Waals surface area contributed by atoms with Crippen molar-refractivity contribution in [1.82, 2.24) is 0 Å². The van der Waals surface area contributed by atoms with Gasteiger partial charge in [-0.1, -0.05) is 60.7 Å². The Morgan fingerprint density at radius 2 is 1.40 bits per heavy atom. The fraction of sp³-hybridized carbons (Fsp3) is 0.0588. The summed E-state index contributed by atoms with van der Waals surface area (Å²) in [5, 5.41) is 0. The van der Waals surface area contributed by atoms with E-state index in [0.717, 1.165) is 17.4 Å². The quantitative estimate of drug-likeness (QED) is 0.487. The van der Waals surface area contributed by atoms with Gasteiger partial charge in [0.1, 0.15) is 6.29 Å². The molecule has 0 N–H and O–H groups in total. The fourth-order valence-corrected chi connectivity index (χ4v) is 1.33. The van der Waals surface area contributed by atoms with Gasteiger partial charge in [-0.05, 0) is 11.6 Å². The molecule has 0 fully saturated rings. The molecule has 2 aromatic carbocycles. The lowest BCUT2D eigenvalue weighted by atomic mass is 10.2. The van der Waals surface area contributed by atoms with E-state index < -0.39 is 0 Å². The molecule has 0 heterocycles. The maximum Gasteiger partial charge on any atom is 0.330 e. The number of carbonyl (C=O) groups is 2. The van der Waals surface area contributed by atoms with E-state index in [1.807, 2.05) is 48.5 Å². The number of carbonyl (C=O) groups excluding carboxylic acids is 2. The molecule has 0 aliphatic heterocycles. The summed E-state index contributed by atoms with van der Waals surface area (Å²) in [5.41, 5.74) is 1.72. The van der Waals surface area contributed by atoms with E-state index in [4.69, 9.17) is 0 Å².